The molecule has 0 unspecified atom stereocenters. The van der Waals surface area contributed by atoms with Crippen molar-refractivity contribution in [2.75, 3.05) is 21.3 Å². The minimum absolute atomic E-state index is 0.280. The fourth-order valence-electron chi connectivity index (χ4n) is 1.69. The van der Waals surface area contributed by atoms with Crippen molar-refractivity contribution in [2.45, 2.75) is 0 Å². The van der Waals surface area contributed by atoms with Gasteiger partial charge in [0.15, 0.2) is 0 Å². The summed E-state index contributed by atoms with van der Waals surface area (Å²) in [5.74, 6) is 0.850. The van der Waals surface area contributed by atoms with Gasteiger partial charge in [0.25, 0.3) is 0 Å². The molecule has 19 heavy (non-hydrogen) atoms. The fraction of sp³-hybridized carbons (Fsp3) is 0.231. The molecule has 0 aliphatic rings. The molecule has 0 saturated carbocycles. The Morgan fingerprint density at radius 1 is 1.16 bits per heavy atom. The summed E-state index contributed by atoms with van der Waals surface area (Å²) >= 11 is 0. The number of nitrogens with zero attached hydrogens (tertiary/aromatic N) is 1. The van der Waals surface area contributed by atoms with Crippen LogP contribution in [-0.2, 0) is 4.74 Å². The number of H-pyrrole nitrogens is 1. The lowest BCUT2D eigenvalue weighted by atomic mass is 10.1. The monoisotopic (exact) mass is 262 g/mol. The summed E-state index contributed by atoms with van der Waals surface area (Å²) in [4.78, 5) is 11.4. The minimum atomic E-state index is -0.472. The zero-order valence-corrected chi connectivity index (χ0v) is 10.9. The van der Waals surface area contributed by atoms with Crippen LogP contribution in [0.2, 0.25) is 0 Å². The second-order valence-electron chi connectivity index (χ2n) is 3.72. The highest BCUT2D eigenvalue weighted by molar-refractivity contribution is 5.88. The minimum Gasteiger partial charge on any atom is -0.497 e. The highest BCUT2D eigenvalue weighted by Gasteiger charge is 2.14. The lowest BCUT2D eigenvalue weighted by molar-refractivity contribution is 0.0594. The molecular formula is C13H14N2O4. The molecular weight excluding hydrogens is 248 g/mol. The number of benzene rings is 1. The van der Waals surface area contributed by atoms with Crippen LogP contribution in [0.1, 0.15) is 10.5 Å². The van der Waals surface area contributed by atoms with Gasteiger partial charge in [-0.3, -0.25) is 5.10 Å². The molecule has 2 aromatic rings. The van der Waals surface area contributed by atoms with E-state index in [-0.39, 0.29) is 5.69 Å². The number of aromatic amines is 1. The molecule has 2 rings (SSSR count). The molecule has 100 valence electrons. The first-order valence-electron chi connectivity index (χ1n) is 5.55. The number of methoxy groups -OCH3 is 3. The Kier molecular flexibility index (Phi) is 3.70. The first-order valence-corrected chi connectivity index (χ1v) is 5.55. The van der Waals surface area contributed by atoms with Crippen molar-refractivity contribution < 1.29 is 19.0 Å². The number of ether oxygens (including phenoxy) is 3. The van der Waals surface area contributed by atoms with Crippen molar-refractivity contribution in [1.82, 2.24) is 10.2 Å². The van der Waals surface area contributed by atoms with Crippen LogP contribution in [-0.4, -0.2) is 37.5 Å². The van der Waals surface area contributed by atoms with Gasteiger partial charge in [-0.15, -0.1) is 0 Å². The third kappa shape index (κ3) is 2.52. The molecule has 6 nitrogen and oxygen atoms in total. The van der Waals surface area contributed by atoms with Gasteiger partial charge in [-0.1, -0.05) is 0 Å². The van der Waals surface area contributed by atoms with Crippen LogP contribution in [0, 0.1) is 0 Å². The lowest BCUT2D eigenvalue weighted by Gasteiger charge is -2.08. The second kappa shape index (κ2) is 5.43. The van der Waals surface area contributed by atoms with E-state index >= 15 is 0 Å². The number of nitrogens with one attached hydrogen (secondary N) is 1. The Hall–Kier alpha value is -2.50. The van der Waals surface area contributed by atoms with Crippen molar-refractivity contribution in [3.63, 3.8) is 0 Å². The summed E-state index contributed by atoms with van der Waals surface area (Å²) < 4.78 is 15.1. The predicted molar refractivity (Wildman–Crippen MR) is 68.5 cm³/mol. The van der Waals surface area contributed by atoms with Crippen LogP contribution in [0.4, 0.5) is 0 Å². The fourth-order valence-corrected chi connectivity index (χ4v) is 1.69. The zero-order valence-electron chi connectivity index (χ0n) is 10.9. The van der Waals surface area contributed by atoms with Gasteiger partial charge >= 0.3 is 5.97 Å². The van der Waals surface area contributed by atoms with Crippen molar-refractivity contribution in [1.29, 1.82) is 0 Å². The molecule has 0 amide bonds. The number of hydrogen-bond donors (Lipinski definition) is 1. The zero-order chi connectivity index (χ0) is 13.8. The third-order valence-electron chi connectivity index (χ3n) is 2.67. The maximum Gasteiger partial charge on any atom is 0.356 e. The van der Waals surface area contributed by atoms with Gasteiger partial charge in [0.1, 0.15) is 17.2 Å². The highest BCUT2D eigenvalue weighted by Crippen LogP contribution is 2.32. The SMILES string of the molecule is COC(=O)c1cc(-c2cc(OC)ccc2OC)n[nH]1. The molecule has 0 saturated heterocycles. The van der Waals surface area contributed by atoms with E-state index in [1.165, 1.54) is 7.11 Å². The molecule has 1 N–H and O–H groups in total. The molecule has 0 radical (unpaired) electrons. The Labute approximate surface area is 110 Å². The molecule has 0 atom stereocenters. The average Bonchev–Trinajstić information content (AvgIpc) is 2.95. The molecule has 1 heterocycles. The molecule has 1 aromatic carbocycles. The van der Waals surface area contributed by atoms with Gasteiger partial charge in [-0.05, 0) is 24.3 Å². The summed E-state index contributed by atoms with van der Waals surface area (Å²) in [7, 11) is 4.46. The van der Waals surface area contributed by atoms with Gasteiger partial charge in [-0.2, -0.15) is 5.10 Å². The van der Waals surface area contributed by atoms with E-state index in [2.05, 4.69) is 14.9 Å². The highest BCUT2D eigenvalue weighted by atomic mass is 16.5. The van der Waals surface area contributed by atoms with E-state index < -0.39 is 5.97 Å². The van der Waals surface area contributed by atoms with Gasteiger partial charge in [0.05, 0.1) is 27.0 Å². The topological polar surface area (TPSA) is 73.4 Å². The third-order valence-corrected chi connectivity index (χ3v) is 2.67. The maximum atomic E-state index is 11.4. The quantitative estimate of drug-likeness (QED) is 0.851. The van der Waals surface area contributed by atoms with Crippen LogP contribution in [0.3, 0.4) is 0 Å². The van der Waals surface area contributed by atoms with Gasteiger partial charge in [0, 0.05) is 5.56 Å². The van der Waals surface area contributed by atoms with E-state index in [4.69, 9.17) is 9.47 Å². The van der Waals surface area contributed by atoms with Gasteiger partial charge < -0.3 is 14.2 Å². The smallest absolute Gasteiger partial charge is 0.356 e. The van der Waals surface area contributed by atoms with Gasteiger partial charge in [-0.25, -0.2) is 4.79 Å². The van der Waals surface area contributed by atoms with E-state index in [0.29, 0.717) is 17.2 Å². The Bertz CT molecular complexity index is 592. The normalized spacial score (nSPS) is 10.1. The van der Waals surface area contributed by atoms with E-state index in [0.717, 1.165) is 5.56 Å². The standard InChI is InChI=1S/C13H14N2O4/c1-17-8-4-5-12(18-2)9(6-8)10-7-11(15-14-10)13(16)19-3/h4-7H,1-3H3,(H,14,15). The maximum absolute atomic E-state index is 11.4. The molecule has 0 aliphatic carbocycles. The first kappa shape index (κ1) is 12.9. The molecule has 0 bridgehead atoms. The predicted octanol–water partition coefficient (Wildman–Crippen LogP) is 1.88. The second-order valence-corrected chi connectivity index (χ2v) is 3.72. The van der Waals surface area contributed by atoms with Crippen LogP contribution in [0.25, 0.3) is 11.3 Å². The van der Waals surface area contributed by atoms with Crippen molar-refractivity contribution in [3.8, 4) is 22.8 Å². The average molecular weight is 262 g/mol. The number of esters is 1. The summed E-state index contributed by atoms with van der Waals surface area (Å²) in [6, 6.07) is 6.95. The van der Waals surface area contributed by atoms with Crippen molar-refractivity contribution in [2.24, 2.45) is 0 Å². The molecule has 0 aliphatic heterocycles. The Morgan fingerprint density at radius 2 is 1.95 bits per heavy atom. The number of rotatable bonds is 4. The van der Waals surface area contributed by atoms with E-state index in [9.17, 15) is 4.79 Å². The molecule has 0 fully saturated rings. The van der Waals surface area contributed by atoms with Crippen molar-refractivity contribution in [3.05, 3.63) is 30.0 Å². The largest absolute Gasteiger partial charge is 0.497 e. The van der Waals surface area contributed by atoms with Crippen LogP contribution < -0.4 is 9.47 Å². The summed E-state index contributed by atoms with van der Waals surface area (Å²) in [5, 5.41) is 6.70. The van der Waals surface area contributed by atoms with E-state index in [1.807, 2.05) is 0 Å². The van der Waals surface area contributed by atoms with Crippen molar-refractivity contribution >= 4 is 5.97 Å². The summed E-state index contributed by atoms with van der Waals surface area (Å²) in [6.45, 7) is 0. The number of carbonyl (C=O) groups excluding carboxylic acids is 1. The first-order chi connectivity index (χ1) is 9.19. The molecule has 0 spiro atoms. The van der Waals surface area contributed by atoms with Crippen LogP contribution >= 0.6 is 0 Å². The Morgan fingerprint density at radius 3 is 2.58 bits per heavy atom. The van der Waals surface area contributed by atoms with Gasteiger partial charge in [0.2, 0.25) is 0 Å². The number of aromatic nitrogens is 2. The summed E-state index contributed by atoms with van der Waals surface area (Å²) in [6.07, 6.45) is 0. The summed E-state index contributed by atoms with van der Waals surface area (Å²) in [5.41, 5.74) is 1.59. The van der Waals surface area contributed by atoms with Crippen LogP contribution in [0.5, 0.6) is 11.5 Å². The number of carbonyl (C=O) groups is 1. The van der Waals surface area contributed by atoms with Crippen LogP contribution in [0.15, 0.2) is 24.3 Å². The lowest BCUT2D eigenvalue weighted by Crippen LogP contribution is -2.00. The number of hydrogen-bond acceptors (Lipinski definition) is 5. The molecule has 1 aromatic heterocycles. The van der Waals surface area contributed by atoms with E-state index in [1.54, 1.807) is 38.5 Å². The Balaban J connectivity index is 2.45. The molecule has 6 heteroatoms.